The van der Waals surface area contributed by atoms with Crippen LogP contribution in [-0.2, 0) is 18.3 Å². The molecule has 0 amide bonds. The van der Waals surface area contributed by atoms with E-state index in [9.17, 15) is 10.1 Å². The molecule has 2 heterocycles. The van der Waals surface area contributed by atoms with Crippen molar-refractivity contribution in [3.05, 3.63) is 81.8 Å². The minimum absolute atomic E-state index is 0.0776. The number of nitriles is 1. The zero-order chi connectivity index (χ0) is 19.7. The number of fused-ring (bicyclic) bond motifs is 2. The summed E-state index contributed by atoms with van der Waals surface area (Å²) in [6, 6.07) is 19.9. The second kappa shape index (κ2) is 6.90. The average molecular weight is 368 g/mol. The van der Waals surface area contributed by atoms with Crippen molar-refractivity contribution in [2.75, 3.05) is 0 Å². The molecule has 0 bridgehead atoms. The lowest BCUT2D eigenvalue weighted by atomic mass is 9.79. The molecule has 0 saturated heterocycles. The molecule has 138 valence electrons. The van der Waals surface area contributed by atoms with Crippen LogP contribution >= 0.6 is 0 Å². The first kappa shape index (κ1) is 17.9. The van der Waals surface area contributed by atoms with Gasteiger partial charge in [-0.25, -0.2) is 0 Å². The fraction of sp³-hybridized carbons (Fsp3) is 0.217. The van der Waals surface area contributed by atoms with Gasteiger partial charge in [-0.3, -0.25) is 4.79 Å². The number of nitrogens with one attached hydrogen (secondary N) is 1. The highest BCUT2D eigenvalue weighted by Gasteiger charge is 2.28. The van der Waals surface area contributed by atoms with Gasteiger partial charge in [0.2, 0.25) is 0 Å². The fourth-order valence-corrected chi connectivity index (χ4v) is 3.53. The van der Waals surface area contributed by atoms with Crippen LogP contribution in [-0.4, -0.2) is 15.2 Å². The van der Waals surface area contributed by atoms with Crippen LogP contribution in [0.3, 0.4) is 0 Å². The molecule has 0 saturated carbocycles. The first-order chi connectivity index (χ1) is 13.5. The maximum Gasteiger partial charge on any atom is 0.251 e. The van der Waals surface area contributed by atoms with E-state index in [2.05, 4.69) is 21.3 Å². The van der Waals surface area contributed by atoms with Gasteiger partial charge in [0.15, 0.2) is 0 Å². The number of aromatic nitrogens is 3. The molecule has 5 nitrogen and oxygen atoms in total. The molecule has 0 spiro atoms. The average Bonchev–Trinajstić information content (AvgIpc) is 2.72. The van der Waals surface area contributed by atoms with Crippen LogP contribution in [0.25, 0.3) is 21.8 Å². The zero-order valence-corrected chi connectivity index (χ0v) is 15.9. The molecule has 1 N–H and O–H groups in total. The van der Waals surface area contributed by atoms with E-state index in [1.54, 1.807) is 0 Å². The predicted octanol–water partition coefficient (Wildman–Crippen LogP) is 4.06. The highest BCUT2D eigenvalue weighted by Crippen LogP contribution is 2.29. The summed E-state index contributed by atoms with van der Waals surface area (Å²) in [4.78, 5) is 15.1. The van der Waals surface area contributed by atoms with Crippen molar-refractivity contribution in [1.29, 1.82) is 5.26 Å². The van der Waals surface area contributed by atoms with Crippen LogP contribution in [0.4, 0.5) is 0 Å². The molecule has 0 fully saturated rings. The minimum atomic E-state index is -0.786. The Morgan fingerprint density at radius 3 is 2.68 bits per heavy atom. The molecule has 4 aromatic rings. The number of hydrogen-bond acceptors (Lipinski definition) is 4. The third kappa shape index (κ3) is 3.14. The van der Waals surface area contributed by atoms with Gasteiger partial charge in [-0.05, 0) is 48.6 Å². The van der Waals surface area contributed by atoms with Crippen LogP contribution in [0, 0.1) is 11.3 Å². The number of nitrogens with zero attached hydrogens (tertiary/aromatic N) is 3. The molecule has 4 rings (SSSR count). The molecule has 28 heavy (non-hydrogen) atoms. The van der Waals surface area contributed by atoms with Crippen molar-refractivity contribution < 1.29 is 0 Å². The Morgan fingerprint density at radius 1 is 1.07 bits per heavy atom. The molecule has 0 aliphatic carbocycles. The molecule has 0 aliphatic heterocycles. The van der Waals surface area contributed by atoms with E-state index in [1.165, 1.54) is 0 Å². The number of aryl methyl sites for hydroxylation is 1. The number of pyridine rings is 1. The van der Waals surface area contributed by atoms with Crippen molar-refractivity contribution in [3.8, 4) is 6.07 Å². The third-order valence-corrected chi connectivity index (χ3v) is 5.27. The van der Waals surface area contributed by atoms with Crippen LogP contribution in [0.1, 0.15) is 30.7 Å². The molecule has 5 heteroatoms. The van der Waals surface area contributed by atoms with E-state index in [0.717, 1.165) is 38.6 Å². The summed E-state index contributed by atoms with van der Waals surface area (Å²) in [6.07, 6.45) is 1.12. The van der Waals surface area contributed by atoms with Gasteiger partial charge in [0, 0.05) is 22.9 Å². The number of hydrogen-bond donors (Lipinski definition) is 1. The van der Waals surface area contributed by atoms with Crippen LogP contribution in [0.15, 0.2) is 59.4 Å². The first-order valence-electron chi connectivity index (χ1n) is 9.31. The Morgan fingerprint density at radius 2 is 1.89 bits per heavy atom. The highest BCUT2D eigenvalue weighted by atomic mass is 16.1. The van der Waals surface area contributed by atoms with Gasteiger partial charge in [-0.2, -0.15) is 15.5 Å². The summed E-state index contributed by atoms with van der Waals surface area (Å²) in [5.74, 6) is 0. The number of H-pyrrole nitrogens is 1. The van der Waals surface area contributed by atoms with Crippen molar-refractivity contribution in [3.63, 3.8) is 0 Å². The first-order valence-corrected chi connectivity index (χ1v) is 9.31. The number of benzene rings is 2. The lowest BCUT2D eigenvalue weighted by molar-refractivity contribution is 0.593. The Balaban J connectivity index is 1.75. The third-order valence-electron chi connectivity index (χ3n) is 5.27. The topological polar surface area (TPSA) is 82.4 Å². The fourth-order valence-electron chi connectivity index (χ4n) is 3.53. The Bertz CT molecular complexity index is 1290. The molecule has 1 unspecified atom stereocenters. The highest BCUT2D eigenvalue weighted by molar-refractivity contribution is 5.80. The van der Waals surface area contributed by atoms with Gasteiger partial charge < -0.3 is 4.98 Å². The molecular formula is C23H20N4O. The predicted molar refractivity (Wildman–Crippen MR) is 110 cm³/mol. The lowest BCUT2D eigenvalue weighted by Gasteiger charge is -2.22. The Kier molecular flexibility index (Phi) is 4.40. The molecule has 2 aromatic carbocycles. The normalized spacial score (nSPS) is 13.3. The largest absolute Gasteiger partial charge is 0.322 e. The quantitative estimate of drug-likeness (QED) is 0.589. The number of aromatic amines is 1. The van der Waals surface area contributed by atoms with Gasteiger partial charge >= 0.3 is 0 Å². The Labute approximate surface area is 162 Å². The summed E-state index contributed by atoms with van der Waals surface area (Å²) in [6.45, 7) is 3.85. The van der Waals surface area contributed by atoms with Gasteiger partial charge in [-0.15, -0.1) is 0 Å². The van der Waals surface area contributed by atoms with Gasteiger partial charge in [0.1, 0.15) is 0 Å². The van der Waals surface area contributed by atoms with Crippen LogP contribution < -0.4 is 5.56 Å². The molecular weight excluding hydrogens is 348 g/mol. The van der Waals surface area contributed by atoms with E-state index in [0.29, 0.717) is 12.8 Å². The van der Waals surface area contributed by atoms with E-state index < -0.39 is 5.41 Å². The SMILES string of the molecule is CCc1cc2ccc(C(C)(C#N)Cc3cc4ccccc4nn3)cc2[nH]c1=O. The van der Waals surface area contributed by atoms with Crippen LogP contribution in [0.5, 0.6) is 0 Å². The smallest absolute Gasteiger partial charge is 0.251 e. The minimum Gasteiger partial charge on any atom is -0.322 e. The van der Waals surface area contributed by atoms with Gasteiger partial charge in [-0.1, -0.05) is 37.3 Å². The van der Waals surface area contributed by atoms with E-state index in [1.807, 2.05) is 68.4 Å². The van der Waals surface area contributed by atoms with Gasteiger partial charge in [0.05, 0.1) is 22.7 Å². The van der Waals surface area contributed by atoms with Crippen LogP contribution in [0.2, 0.25) is 0 Å². The molecule has 0 radical (unpaired) electrons. The second-order valence-electron chi connectivity index (χ2n) is 7.29. The van der Waals surface area contributed by atoms with E-state index in [-0.39, 0.29) is 5.56 Å². The second-order valence-corrected chi connectivity index (χ2v) is 7.29. The number of rotatable bonds is 4. The standard InChI is InChI=1S/C23H20N4O/c1-3-15-10-17-8-9-18(12-21(17)25-22(15)28)23(2,14-24)13-19-11-16-6-4-5-7-20(16)27-26-19/h4-12H,3,13H2,1-2H3,(H,25,28). The van der Waals surface area contributed by atoms with Gasteiger partial charge in [0.25, 0.3) is 5.56 Å². The monoisotopic (exact) mass is 368 g/mol. The van der Waals surface area contributed by atoms with Crippen molar-refractivity contribution in [2.45, 2.75) is 32.1 Å². The Hall–Kier alpha value is -3.52. The lowest BCUT2D eigenvalue weighted by Crippen LogP contribution is -2.24. The summed E-state index contributed by atoms with van der Waals surface area (Å²) >= 11 is 0. The summed E-state index contributed by atoms with van der Waals surface area (Å²) in [5.41, 5.74) is 3.08. The zero-order valence-electron chi connectivity index (χ0n) is 15.9. The summed E-state index contributed by atoms with van der Waals surface area (Å²) in [5, 5.41) is 20.5. The molecule has 1 atom stereocenters. The van der Waals surface area contributed by atoms with Crippen molar-refractivity contribution >= 4 is 21.8 Å². The molecule has 0 aliphatic rings. The summed E-state index contributed by atoms with van der Waals surface area (Å²) < 4.78 is 0. The summed E-state index contributed by atoms with van der Waals surface area (Å²) in [7, 11) is 0. The van der Waals surface area contributed by atoms with Crippen molar-refractivity contribution in [2.24, 2.45) is 0 Å². The molecule has 2 aromatic heterocycles. The van der Waals surface area contributed by atoms with Crippen molar-refractivity contribution in [1.82, 2.24) is 15.2 Å². The van der Waals surface area contributed by atoms with E-state index in [4.69, 9.17) is 0 Å². The maximum atomic E-state index is 12.2. The van der Waals surface area contributed by atoms with E-state index >= 15 is 0 Å². The maximum absolute atomic E-state index is 12.2.